The lowest BCUT2D eigenvalue weighted by atomic mass is 10.1. The average molecular weight is 237 g/mol. The van der Waals surface area contributed by atoms with Crippen molar-refractivity contribution in [2.24, 2.45) is 5.73 Å². The van der Waals surface area contributed by atoms with Gasteiger partial charge in [0.15, 0.2) is 3.92 Å². The molecule has 1 heterocycles. The molecule has 0 spiro atoms. The van der Waals surface area contributed by atoms with Crippen LogP contribution in [-0.4, -0.2) is 16.6 Å². The van der Waals surface area contributed by atoms with Gasteiger partial charge < -0.3 is 10.8 Å². The van der Waals surface area contributed by atoms with Crippen LogP contribution in [0.1, 0.15) is 12.6 Å². The standard InChI is InChI=1S/C6H9BrN2OS/c1-6(10,3-8)4-2-11-5(7)9-4/h2,10H,3,8H2,1H3. The smallest absolute Gasteiger partial charge is 0.159 e. The van der Waals surface area contributed by atoms with Gasteiger partial charge in [-0.1, -0.05) is 0 Å². The van der Waals surface area contributed by atoms with Crippen molar-refractivity contribution in [1.82, 2.24) is 4.98 Å². The summed E-state index contributed by atoms with van der Waals surface area (Å²) in [6.45, 7) is 1.83. The van der Waals surface area contributed by atoms with Crippen molar-refractivity contribution in [3.05, 3.63) is 15.0 Å². The SMILES string of the molecule is CC(O)(CN)c1csc(Br)n1. The van der Waals surface area contributed by atoms with Gasteiger partial charge in [-0.3, -0.25) is 0 Å². The van der Waals surface area contributed by atoms with Crippen LogP contribution in [0.2, 0.25) is 0 Å². The molecule has 3 nitrogen and oxygen atoms in total. The highest BCUT2D eigenvalue weighted by atomic mass is 79.9. The maximum atomic E-state index is 9.61. The molecule has 0 saturated heterocycles. The molecular weight excluding hydrogens is 228 g/mol. The molecule has 3 N–H and O–H groups in total. The molecule has 0 bridgehead atoms. The summed E-state index contributed by atoms with van der Waals surface area (Å²) in [5, 5.41) is 11.4. The van der Waals surface area contributed by atoms with Crippen LogP contribution in [0.3, 0.4) is 0 Å². The fourth-order valence-electron chi connectivity index (χ4n) is 0.604. The first-order chi connectivity index (χ1) is 5.06. The van der Waals surface area contributed by atoms with Gasteiger partial charge in [0.25, 0.3) is 0 Å². The fraction of sp³-hybridized carbons (Fsp3) is 0.500. The van der Waals surface area contributed by atoms with E-state index in [2.05, 4.69) is 20.9 Å². The lowest BCUT2D eigenvalue weighted by molar-refractivity contribution is 0.0627. The summed E-state index contributed by atoms with van der Waals surface area (Å²) in [4.78, 5) is 4.06. The molecule has 0 fully saturated rings. The van der Waals surface area contributed by atoms with Crippen LogP contribution in [0.25, 0.3) is 0 Å². The number of aromatic nitrogens is 1. The minimum atomic E-state index is -0.998. The number of hydrogen-bond acceptors (Lipinski definition) is 4. The van der Waals surface area contributed by atoms with E-state index in [-0.39, 0.29) is 6.54 Å². The van der Waals surface area contributed by atoms with E-state index in [1.807, 2.05) is 0 Å². The maximum absolute atomic E-state index is 9.61. The van der Waals surface area contributed by atoms with Crippen LogP contribution in [-0.2, 0) is 5.60 Å². The quantitative estimate of drug-likeness (QED) is 0.808. The summed E-state index contributed by atoms with van der Waals surface area (Å²) in [5.41, 5.74) is 4.97. The van der Waals surface area contributed by atoms with Crippen molar-refractivity contribution in [2.75, 3.05) is 6.54 Å². The third-order valence-corrected chi connectivity index (χ3v) is 2.79. The number of aliphatic hydroxyl groups is 1. The number of rotatable bonds is 2. The summed E-state index contributed by atoms with van der Waals surface area (Å²) >= 11 is 4.65. The van der Waals surface area contributed by atoms with Crippen LogP contribution in [0.5, 0.6) is 0 Å². The lowest BCUT2D eigenvalue weighted by Gasteiger charge is -2.17. The van der Waals surface area contributed by atoms with E-state index in [1.54, 1.807) is 12.3 Å². The van der Waals surface area contributed by atoms with Gasteiger partial charge in [0.1, 0.15) is 5.60 Å². The molecule has 1 atom stereocenters. The first-order valence-electron chi connectivity index (χ1n) is 3.10. The highest BCUT2D eigenvalue weighted by molar-refractivity contribution is 9.11. The van der Waals surface area contributed by atoms with Crippen molar-refractivity contribution in [3.63, 3.8) is 0 Å². The second-order valence-electron chi connectivity index (χ2n) is 2.46. The van der Waals surface area contributed by atoms with E-state index >= 15 is 0 Å². The molecule has 1 unspecified atom stereocenters. The fourth-order valence-corrected chi connectivity index (χ4v) is 1.74. The Hall–Kier alpha value is 0.0300. The van der Waals surface area contributed by atoms with Gasteiger partial charge in [0, 0.05) is 11.9 Å². The van der Waals surface area contributed by atoms with Crippen LogP contribution in [0, 0.1) is 0 Å². The minimum absolute atomic E-state index is 0.184. The number of thiazole rings is 1. The van der Waals surface area contributed by atoms with E-state index in [1.165, 1.54) is 11.3 Å². The van der Waals surface area contributed by atoms with Gasteiger partial charge in [-0.25, -0.2) is 4.98 Å². The van der Waals surface area contributed by atoms with Crippen LogP contribution in [0.15, 0.2) is 9.30 Å². The molecule has 0 radical (unpaired) electrons. The van der Waals surface area contributed by atoms with E-state index in [9.17, 15) is 5.11 Å². The Bertz CT molecular complexity index is 248. The molecule has 1 aromatic heterocycles. The first-order valence-corrected chi connectivity index (χ1v) is 4.77. The summed E-state index contributed by atoms with van der Waals surface area (Å²) < 4.78 is 0.765. The maximum Gasteiger partial charge on any atom is 0.159 e. The van der Waals surface area contributed by atoms with Crippen molar-refractivity contribution in [3.8, 4) is 0 Å². The second kappa shape index (κ2) is 3.18. The first kappa shape index (κ1) is 9.12. The number of hydrogen-bond donors (Lipinski definition) is 2. The Kier molecular flexibility index (Phi) is 2.64. The van der Waals surface area contributed by atoms with Crippen molar-refractivity contribution in [2.45, 2.75) is 12.5 Å². The van der Waals surface area contributed by atoms with Crippen molar-refractivity contribution < 1.29 is 5.11 Å². The molecule has 5 heteroatoms. The predicted molar refractivity (Wildman–Crippen MR) is 48.4 cm³/mol. The molecule has 0 saturated carbocycles. The third kappa shape index (κ3) is 1.99. The molecule has 62 valence electrons. The number of nitrogens with two attached hydrogens (primary N) is 1. The second-order valence-corrected chi connectivity index (χ2v) is 4.60. The minimum Gasteiger partial charge on any atom is -0.382 e. The normalized spacial score (nSPS) is 16.4. The Morgan fingerprint density at radius 2 is 2.55 bits per heavy atom. The van der Waals surface area contributed by atoms with E-state index < -0.39 is 5.60 Å². The third-order valence-electron chi connectivity index (χ3n) is 1.43. The summed E-state index contributed by atoms with van der Waals surface area (Å²) in [6, 6.07) is 0. The molecule has 0 aliphatic heterocycles. The van der Waals surface area contributed by atoms with Crippen LogP contribution in [0.4, 0.5) is 0 Å². The molecular formula is C6H9BrN2OS. The highest BCUT2D eigenvalue weighted by Crippen LogP contribution is 2.24. The zero-order chi connectivity index (χ0) is 8.48. The summed E-state index contributed by atoms with van der Waals surface area (Å²) in [5.74, 6) is 0. The summed E-state index contributed by atoms with van der Waals surface area (Å²) in [6.07, 6.45) is 0. The highest BCUT2D eigenvalue weighted by Gasteiger charge is 2.23. The lowest BCUT2D eigenvalue weighted by Crippen LogP contribution is -2.31. The number of nitrogens with zero attached hydrogens (tertiary/aromatic N) is 1. The van der Waals surface area contributed by atoms with Crippen molar-refractivity contribution >= 4 is 27.3 Å². The predicted octanol–water partition coefficient (Wildman–Crippen LogP) is 1.07. The molecule has 1 aromatic rings. The van der Waals surface area contributed by atoms with Crippen LogP contribution >= 0.6 is 27.3 Å². The molecule has 0 aromatic carbocycles. The Labute approximate surface area is 77.4 Å². The van der Waals surface area contributed by atoms with E-state index in [0.29, 0.717) is 5.69 Å². The number of halogens is 1. The van der Waals surface area contributed by atoms with Gasteiger partial charge in [-0.2, -0.15) is 0 Å². The largest absolute Gasteiger partial charge is 0.382 e. The van der Waals surface area contributed by atoms with Crippen LogP contribution < -0.4 is 5.73 Å². The summed E-state index contributed by atoms with van der Waals surface area (Å²) in [7, 11) is 0. The monoisotopic (exact) mass is 236 g/mol. The van der Waals surface area contributed by atoms with Crippen molar-refractivity contribution in [1.29, 1.82) is 0 Å². The van der Waals surface area contributed by atoms with Gasteiger partial charge in [0.2, 0.25) is 0 Å². The molecule has 0 aliphatic rings. The Balaban J connectivity index is 2.92. The zero-order valence-corrected chi connectivity index (χ0v) is 8.44. The Morgan fingerprint density at radius 1 is 1.91 bits per heavy atom. The van der Waals surface area contributed by atoms with Gasteiger partial charge in [-0.15, -0.1) is 11.3 Å². The van der Waals surface area contributed by atoms with Gasteiger partial charge >= 0.3 is 0 Å². The molecule has 11 heavy (non-hydrogen) atoms. The zero-order valence-electron chi connectivity index (χ0n) is 6.04. The topological polar surface area (TPSA) is 59.1 Å². The molecule has 1 rings (SSSR count). The van der Waals surface area contributed by atoms with Gasteiger partial charge in [0.05, 0.1) is 5.69 Å². The molecule has 0 aliphatic carbocycles. The van der Waals surface area contributed by atoms with E-state index in [4.69, 9.17) is 5.73 Å². The average Bonchev–Trinajstić information content (AvgIpc) is 2.36. The molecule has 0 amide bonds. The van der Waals surface area contributed by atoms with Gasteiger partial charge in [-0.05, 0) is 22.9 Å². The Morgan fingerprint density at radius 3 is 2.91 bits per heavy atom. The van der Waals surface area contributed by atoms with E-state index in [0.717, 1.165) is 3.92 Å².